The molecule has 3 rings (SSSR count). The number of nitrogens with one attached hydrogen (secondary N) is 1. The molecule has 0 unspecified atom stereocenters. The lowest BCUT2D eigenvalue weighted by atomic mass is 10.1. The van der Waals surface area contributed by atoms with Crippen LogP contribution in [0.4, 0.5) is 0 Å². The van der Waals surface area contributed by atoms with Gasteiger partial charge in [0.2, 0.25) is 5.75 Å². The summed E-state index contributed by atoms with van der Waals surface area (Å²) in [5, 5.41) is 4.04. The summed E-state index contributed by atoms with van der Waals surface area (Å²) in [6.45, 7) is 0.472. The minimum atomic E-state index is -0.410. The van der Waals surface area contributed by atoms with Gasteiger partial charge in [-0.05, 0) is 35.4 Å². The van der Waals surface area contributed by atoms with Crippen LogP contribution in [0.1, 0.15) is 21.5 Å². The number of carbonyl (C=O) groups excluding carboxylic acids is 1. The van der Waals surface area contributed by atoms with Gasteiger partial charge < -0.3 is 18.9 Å². The zero-order valence-corrected chi connectivity index (χ0v) is 17.6. The molecule has 0 aliphatic carbocycles. The van der Waals surface area contributed by atoms with Gasteiger partial charge in [-0.25, -0.2) is 5.43 Å². The smallest absolute Gasteiger partial charge is 0.271 e. The first-order valence-electron chi connectivity index (χ1n) is 9.54. The molecular formula is C24H24N2O5. The summed E-state index contributed by atoms with van der Waals surface area (Å²) >= 11 is 0. The first kappa shape index (κ1) is 21.7. The van der Waals surface area contributed by atoms with E-state index in [1.807, 2.05) is 54.6 Å². The third-order valence-corrected chi connectivity index (χ3v) is 4.41. The van der Waals surface area contributed by atoms with Crippen LogP contribution in [-0.2, 0) is 6.61 Å². The highest BCUT2D eigenvalue weighted by atomic mass is 16.5. The van der Waals surface area contributed by atoms with Gasteiger partial charge in [0, 0.05) is 5.56 Å². The van der Waals surface area contributed by atoms with Gasteiger partial charge in [-0.15, -0.1) is 0 Å². The molecule has 0 aliphatic rings. The second-order valence-electron chi connectivity index (χ2n) is 6.46. The lowest BCUT2D eigenvalue weighted by Crippen LogP contribution is -2.18. The molecule has 0 radical (unpaired) electrons. The summed E-state index contributed by atoms with van der Waals surface area (Å²) in [6.07, 6.45) is 1.55. The van der Waals surface area contributed by atoms with E-state index < -0.39 is 5.91 Å². The van der Waals surface area contributed by atoms with Crippen LogP contribution >= 0.6 is 0 Å². The Hall–Kier alpha value is -4.00. The minimum Gasteiger partial charge on any atom is -0.493 e. The van der Waals surface area contributed by atoms with Gasteiger partial charge in [0.25, 0.3) is 5.91 Å². The Kier molecular flexibility index (Phi) is 7.48. The maximum Gasteiger partial charge on any atom is 0.271 e. The molecule has 7 heteroatoms. The van der Waals surface area contributed by atoms with Gasteiger partial charge >= 0.3 is 0 Å². The number of hydrogen-bond acceptors (Lipinski definition) is 6. The van der Waals surface area contributed by atoms with Gasteiger partial charge in [-0.1, -0.05) is 42.5 Å². The highest BCUT2D eigenvalue weighted by molar-refractivity contribution is 5.96. The Labute approximate surface area is 181 Å². The summed E-state index contributed by atoms with van der Waals surface area (Å²) in [6, 6.07) is 20.5. The Morgan fingerprint density at radius 1 is 0.903 bits per heavy atom. The van der Waals surface area contributed by atoms with Crippen LogP contribution in [0, 0.1) is 0 Å². The predicted octanol–water partition coefficient (Wildman–Crippen LogP) is 4.06. The van der Waals surface area contributed by atoms with E-state index in [0.717, 1.165) is 11.1 Å². The maximum atomic E-state index is 12.5. The summed E-state index contributed by atoms with van der Waals surface area (Å²) in [4.78, 5) is 12.5. The monoisotopic (exact) mass is 420 g/mol. The number of benzene rings is 3. The number of amides is 1. The van der Waals surface area contributed by atoms with Crippen molar-refractivity contribution in [2.75, 3.05) is 21.3 Å². The van der Waals surface area contributed by atoms with E-state index in [1.165, 1.54) is 21.3 Å². The van der Waals surface area contributed by atoms with Gasteiger partial charge in [0.15, 0.2) is 11.5 Å². The molecule has 3 aromatic carbocycles. The Bertz CT molecular complexity index is 1030. The molecule has 0 atom stereocenters. The van der Waals surface area contributed by atoms with Crippen molar-refractivity contribution in [1.82, 2.24) is 5.43 Å². The van der Waals surface area contributed by atoms with Crippen molar-refractivity contribution in [2.24, 2.45) is 5.10 Å². The number of nitrogens with zero attached hydrogens (tertiary/aromatic N) is 1. The van der Waals surface area contributed by atoms with E-state index in [4.69, 9.17) is 18.9 Å². The standard InChI is InChI=1S/C24H24N2O5/c1-28-21-13-19(14-22(29-2)23(21)30-3)24(27)26-25-15-18-10-7-11-20(12-18)31-16-17-8-5-4-6-9-17/h4-15H,16H2,1-3H3,(H,26,27). The van der Waals surface area contributed by atoms with Crippen molar-refractivity contribution in [3.63, 3.8) is 0 Å². The van der Waals surface area contributed by atoms with Crippen molar-refractivity contribution in [1.29, 1.82) is 0 Å². The Morgan fingerprint density at radius 2 is 1.61 bits per heavy atom. The molecule has 0 aromatic heterocycles. The minimum absolute atomic E-state index is 0.326. The Morgan fingerprint density at radius 3 is 2.26 bits per heavy atom. The summed E-state index contributed by atoms with van der Waals surface area (Å²) in [5.74, 6) is 1.49. The number of methoxy groups -OCH3 is 3. The molecule has 1 N–H and O–H groups in total. The molecule has 1 amide bonds. The first-order valence-corrected chi connectivity index (χ1v) is 9.54. The molecule has 0 bridgehead atoms. The molecule has 7 nitrogen and oxygen atoms in total. The SMILES string of the molecule is COc1cc(C(=O)NN=Cc2cccc(OCc3ccccc3)c2)cc(OC)c1OC. The molecular weight excluding hydrogens is 396 g/mol. The number of rotatable bonds is 9. The van der Waals surface area contributed by atoms with Crippen molar-refractivity contribution in [3.05, 3.63) is 83.4 Å². The molecule has 0 spiro atoms. The number of hydrogen-bond donors (Lipinski definition) is 1. The van der Waals surface area contributed by atoms with Crippen LogP contribution in [0.5, 0.6) is 23.0 Å². The van der Waals surface area contributed by atoms with Crippen LogP contribution in [0.15, 0.2) is 71.8 Å². The molecule has 0 saturated carbocycles. The molecule has 3 aromatic rings. The van der Waals surface area contributed by atoms with Gasteiger partial charge in [0.1, 0.15) is 12.4 Å². The molecule has 160 valence electrons. The molecule has 0 heterocycles. The Balaban J connectivity index is 1.64. The zero-order valence-electron chi connectivity index (χ0n) is 17.6. The van der Waals surface area contributed by atoms with Crippen molar-refractivity contribution >= 4 is 12.1 Å². The van der Waals surface area contributed by atoms with Crippen LogP contribution in [0.2, 0.25) is 0 Å². The highest BCUT2D eigenvalue weighted by Gasteiger charge is 2.16. The summed E-state index contributed by atoms with van der Waals surface area (Å²) < 4.78 is 21.6. The van der Waals surface area contributed by atoms with Crippen molar-refractivity contribution in [3.8, 4) is 23.0 Å². The normalized spacial score (nSPS) is 10.5. The summed E-state index contributed by atoms with van der Waals surface area (Å²) in [5.41, 5.74) is 4.70. The van der Waals surface area contributed by atoms with E-state index in [2.05, 4.69) is 10.5 Å². The van der Waals surface area contributed by atoms with Gasteiger partial charge in [-0.3, -0.25) is 4.79 Å². The maximum absolute atomic E-state index is 12.5. The molecule has 0 aliphatic heterocycles. The van der Waals surface area contributed by atoms with Crippen molar-refractivity contribution < 1.29 is 23.7 Å². The van der Waals surface area contributed by atoms with Crippen LogP contribution < -0.4 is 24.4 Å². The average Bonchev–Trinajstić information content (AvgIpc) is 2.82. The molecule has 31 heavy (non-hydrogen) atoms. The van der Waals surface area contributed by atoms with Crippen LogP contribution in [-0.4, -0.2) is 33.5 Å². The summed E-state index contributed by atoms with van der Waals surface area (Å²) in [7, 11) is 4.48. The van der Waals surface area contributed by atoms with E-state index in [1.54, 1.807) is 18.3 Å². The lowest BCUT2D eigenvalue weighted by Gasteiger charge is -2.13. The fourth-order valence-corrected chi connectivity index (χ4v) is 2.87. The van der Waals surface area contributed by atoms with E-state index in [9.17, 15) is 4.79 Å². The number of hydrazone groups is 1. The lowest BCUT2D eigenvalue weighted by molar-refractivity contribution is 0.0954. The fraction of sp³-hybridized carbons (Fsp3) is 0.167. The third kappa shape index (κ3) is 5.76. The first-order chi connectivity index (χ1) is 15.1. The predicted molar refractivity (Wildman–Crippen MR) is 118 cm³/mol. The average molecular weight is 420 g/mol. The van der Waals surface area contributed by atoms with E-state index >= 15 is 0 Å². The van der Waals surface area contributed by atoms with Crippen LogP contribution in [0.3, 0.4) is 0 Å². The van der Waals surface area contributed by atoms with E-state index in [0.29, 0.717) is 35.2 Å². The highest BCUT2D eigenvalue weighted by Crippen LogP contribution is 2.38. The quantitative estimate of drug-likeness (QED) is 0.417. The second kappa shape index (κ2) is 10.7. The van der Waals surface area contributed by atoms with Gasteiger partial charge in [-0.2, -0.15) is 5.10 Å². The topological polar surface area (TPSA) is 78.4 Å². The number of ether oxygens (including phenoxy) is 4. The zero-order chi connectivity index (χ0) is 22.1. The van der Waals surface area contributed by atoms with Gasteiger partial charge in [0.05, 0.1) is 27.5 Å². The van der Waals surface area contributed by atoms with Crippen molar-refractivity contribution in [2.45, 2.75) is 6.61 Å². The largest absolute Gasteiger partial charge is 0.493 e. The van der Waals surface area contributed by atoms with E-state index in [-0.39, 0.29) is 0 Å². The fourth-order valence-electron chi connectivity index (χ4n) is 2.87. The second-order valence-corrected chi connectivity index (χ2v) is 6.46. The van der Waals surface area contributed by atoms with Crippen LogP contribution in [0.25, 0.3) is 0 Å². The molecule has 0 saturated heterocycles. The molecule has 0 fully saturated rings. The number of carbonyl (C=O) groups is 1. The third-order valence-electron chi connectivity index (χ3n) is 4.41.